The number of halogens is 2. The highest BCUT2D eigenvalue weighted by atomic mass is 35.5. The van der Waals surface area contributed by atoms with Gasteiger partial charge >= 0.3 is 5.97 Å². The van der Waals surface area contributed by atoms with Crippen molar-refractivity contribution < 1.29 is 19.1 Å². The Hall–Kier alpha value is -3.19. The van der Waals surface area contributed by atoms with Gasteiger partial charge in [-0.1, -0.05) is 17.7 Å². The minimum atomic E-state index is -0.825. The molecule has 0 radical (unpaired) electrons. The van der Waals surface area contributed by atoms with Crippen LogP contribution < -0.4 is 4.90 Å². The Morgan fingerprint density at radius 2 is 2.03 bits per heavy atom. The maximum Gasteiger partial charge on any atom is 0.303 e. The molecule has 1 aliphatic rings. The third-order valence-electron chi connectivity index (χ3n) is 6.59. The number of anilines is 1. The summed E-state index contributed by atoms with van der Waals surface area (Å²) in [5.41, 5.74) is 3.15. The predicted molar refractivity (Wildman–Crippen MR) is 132 cm³/mol. The van der Waals surface area contributed by atoms with Crippen molar-refractivity contribution in [1.82, 2.24) is 9.88 Å². The van der Waals surface area contributed by atoms with Crippen LogP contribution in [0.25, 0.3) is 22.0 Å². The second-order valence-electron chi connectivity index (χ2n) is 8.86. The normalized spacial score (nSPS) is 16.9. The van der Waals surface area contributed by atoms with Crippen LogP contribution in [0.1, 0.15) is 26.2 Å². The summed E-state index contributed by atoms with van der Waals surface area (Å²) in [7, 11) is 1.86. The molecule has 0 saturated carbocycles. The van der Waals surface area contributed by atoms with E-state index in [0.717, 1.165) is 40.6 Å². The number of nitrogens with zero attached hydrogens (tertiary/aromatic N) is 3. The van der Waals surface area contributed by atoms with E-state index >= 15 is 0 Å². The molecule has 2 aromatic carbocycles. The van der Waals surface area contributed by atoms with Gasteiger partial charge < -0.3 is 14.9 Å². The summed E-state index contributed by atoms with van der Waals surface area (Å²) in [5, 5.41) is 10.3. The molecule has 0 bridgehead atoms. The number of benzene rings is 2. The van der Waals surface area contributed by atoms with Crippen molar-refractivity contribution in [3.8, 4) is 11.1 Å². The van der Waals surface area contributed by atoms with E-state index in [9.17, 15) is 14.0 Å². The van der Waals surface area contributed by atoms with Gasteiger partial charge in [-0.05, 0) is 67.6 Å². The Kier molecular flexibility index (Phi) is 7.03. The number of hydrogen-bond acceptors (Lipinski definition) is 4. The van der Waals surface area contributed by atoms with Gasteiger partial charge in [0.25, 0.3) is 0 Å². The number of fused-ring (bicyclic) bond motifs is 1. The lowest BCUT2D eigenvalue weighted by molar-refractivity contribution is -0.141. The van der Waals surface area contributed by atoms with E-state index in [-0.39, 0.29) is 18.2 Å². The Balaban J connectivity index is 1.56. The fourth-order valence-electron chi connectivity index (χ4n) is 4.63. The number of pyridine rings is 1. The van der Waals surface area contributed by atoms with E-state index in [2.05, 4.69) is 4.98 Å². The lowest BCUT2D eigenvalue weighted by Gasteiger charge is -2.36. The van der Waals surface area contributed by atoms with Crippen molar-refractivity contribution in [2.75, 3.05) is 25.0 Å². The van der Waals surface area contributed by atoms with E-state index in [1.807, 2.05) is 43.1 Å². The Bertz CT molecular complexity index is 1240. The first-order valence-corrected chi connectivity index (χ1v) is 11.7. The summed E-state index contributed by atoms with van der Waals surface area (Å²) in [5.74, 6) is -1.24. The summed E-state index contributed by atoms with van der Waals surface area (Å²) >= 11 is 6.29. The number of carboxylic acids is 1. The van der Waals surface area contributed by atoms with Gasteiger partial charge in [0.1, 0.15) is 11.9 Å². The smallest absolute Gasteiger partial charge is 0.303 e. The van der Waals surface area contributed by atoms with E-state index < -0.39 is 17.8 Å². The van der Waals surface area contributed by atoms with Crippen LogP contribution in [0.15, 0.2) is 48.7 Å². The first kappa shape index (κ1) is 24.0. The van der Waals surface area contributed by atoms with Gasteiger partial charge in [0.05, 0.1) is 10.5 Å². The lowest BCUT2D eigenvalue weighted by Crippen LogP contribution is -2.49. The van der Waals surface area contributed by atoms with Crippen LogP contribution in [-0.2, 0) is 9.59 Å². The van der Waals surface area contributed by atoms with Crippen molar-refractivity contribution >= 4 is 40.1 Å². The Labute approximate surface area is 203 Å². The minimum Gasteiger partial charge on any atom is -0.481 e. The molecule has 2 heterocycles. The molecule has 4 rings (SSSR count). The van der Waals surface area contributed by atoms with Crippen molar-refractivity contribution in [1.29, 1.82) is 0 Å². The van der Waals surface area contributed by atoms with Gasteiger partial charge in [0.15, 0.2) is 0 Å². The molecule has 0 aliphatic carbocycles. The zero-order chi connectivity index (χ0) is 24.4. The summed E-state index contributed by atoms with van der Waals surface area (Å²) < 4.78 is 13.5. The molecule has 1 aromatic heterocycles. The molecule has 1 aliphatic heterocycles. The number of carbonyl (C=O) groups is 2. The van der Waals surface area contributed by atoms with Gasteiger partial charge in [-0.25, -0.2) is 4.39 Å². The van der Waals surface area contributed by atoms with Crippen LogP contribution in [0.4, 0.5) is 10.1 Å². The number of carboxylic acid groups (broad SMARTS) is 1. The second kappa shape index (κ2) is 9.97. The molecule has 3 aromatic rings. The minimum absolute atomic E-state index is 0.00529. The molecule has 1 fully saturated rings. The zero-order valence-corrected chi connectivity index (χ0v) is 19.9. The van der Waals surface area contributed by atoms with Crippen molar-refractivity contribution in [3.63, 3.8) is 0 Å². The van der Waals surface area contributed by atoms with E-state index in [4.69, 9.17) is 16.7 Å². The molecule has 6 nitrogen and oxygen atoms in total. The van der Waals surface area contributed by atoms with Gasteiger partial charge in [0, 0.05) is 49.4 Å². The SMILES string of the molecule is C[C@H](C(=O)N1CCC[C@H](CC(=O)O)C1)N(C)c1ccc2c(-c3ccc(F)cc3Cl)ccnc2c1. The molecule has 1 N–H and O–H groups in total. The van der Waals surface area contributed by atoms with Crippen molar-refractivity contribution in [3.05, 3.63) is 59.5 Å². The highest BCUT2D eigenvalue weighted by Crippen LogP contribution is 2.34. The molecule has 8 heteroatoms. The summed E-state index contributed by atoms with van der Waals surface area (Å²) in [6, 6.07) is 11.5. The zero-order valence-electron chi connectivity index (χ0n) is 19.2. The maximum atomic E-state index is 13.5. The summed E-state index contributed by atoms with van der Waals surface area (Å²) in [6.07, 6.45) is 3.42. The van der Waals surface area contributed by atoms with Crippen LogP contribution in [-0.4, -0.2) is 53.0 Å². The van der Waals surface area contributed by atoms with Crippen LogP contribution in [0.3, 0.4) is 0 Å². The van der Waals surface area contributed by atoms with Gasteiger partial charge in [0.2, 0.25) is 5.91 Å². The van der Waals surface area contributed by atoms with Crippen LogP contribution in [0.5, 0.6) is 0 Å². The lowest BCUT2D eigenvalue weighted by atomic mass is 9.94. The Morgan fingerprint density at radius 3 is 2.76 bits per heavy atom. The first-order valence-electron chi connectivity index (χ1n) is 11.3. The summed E-state index contributed by atoms with van der Waals surface area (Å²) in [4.78, 5) is 32.5. The molecule has 34 heavy (non-hydrogen) atoms. The maximum absolute atomic E-state index is 13.5. The number of piperidine rings is 1. The van der Waals surface area contributed by atoms with Crippen LogP contribution in [0, 0.1) is 11.7 Å². The van der Waals surface area contributed by atoms with E-state index in [0.29, 0.717) is 18.1 Å². The number of carbonyl (C=O) groups excluding carboxylic acids is 1. The second-order valence-corrected chi connectivity index (χ2v) is 9.27. The van der Waals surface area contributed by atoms with Crippen molar-refractivity contribution in [2.24, 2.45) is 5.92 Å². The van der Waals surface area contributed by atoms with Crippen molar-refractivity contribution in [2.45, 2.75) is 32.2 Å². The van der Waals surface area contributed by atoms with Gasteiger partial charge in [-0.15, -0.1) is 0 Å². The number of likely N-dealkylation sites (N-methyl/N-ethyl adjacent to an activating group) is 1. The number of rotatable bonds is 6. The summed E-state index contributed by atoms with van der Waals surface area (Å²) in [6.45, 7) is 2.98. The van der Waals surface area contributed by atoms with Crippen LogP contribution >= 0.6 is 11.6 Å². The quantitative estimate of drug-likeness (QED) is 0.519. The molecule has 178 valence electrons. The highest BCUT2D eigenvalue weighted by Gasteiger charge is 2.29. The number of aliphatic carboxylic acids is 1. The van der Waals surface area contributed by atoms with Gasteiger partial charge in [-0.2, -0.15) is 0 Å². The number of amides is 1. The molecular formula is C26H27ClFN3O3. The average Bonchev–Trinajstić information content (AvgIpc) is 2.82. The fourth-order valence-corrected chi connectivity index (χ4v) is 4.90. The molecule has 2 atom stereocenters. The average molecular weight is 484 g/mol. The topological polar surface area (TPSA) is 73.7 Å². The van der Waals surface area contributed by atoms with E-state index in [1.54, 1.807) is 17.2 Å². The number of aromatic nitrogens is 1. The van der Waals surface area contributed by atoms with E-state index in [1.165, 1.54) is 12.1 Å². The van der Waals surface area contributed by atoms with Crippen LogP contribution in [0.2, 0.25) is 5.02 Å². The molecule has 1 amide bonds. The molecule has 0 unspecified atom stereocenters. The largest absolute Gasteiger partial charge is 0.481 e. The fraction of sp³-hybridized carbons (Fsp3) is 0.346. The Morgan fingerprint density at radius 1 is 1.24 bits per heavy atom. The van der Waals surface area contributed by atoms with Gasteiger partial charge in [-0.3, -0.25) is 14.6 Å². The standard InChI is InChI=1S/C26H27ClFN3O3/c1-16(26(34)31-11-3-4-17(15-31)12-25(32)33)30(2)19-6-8-22-20(9-10-29-24(22)14-19)21-7-5-18(28)13-23(21)27/h5-10,13-14,16-17H,3-4,11-12,15H2,1-2H3,(H,32,33)/t16-,17-/m1/s1. The monoisotopic (exact) mass is 483 g/mol. The number of likely N-dealkylation sites (tertiary alicyclic amines) is 1. The third-order valence-corrected chi connectivity index (χ3v) is 6.90. The third kappa shape index (κ3) is 4.99. The number of hydrogen-bond donors (Lipinski definition) is 1. The predicted octanol–water partition coefficient (Wildman–Crippen LogP) is 5.23. The first-order chi connectivity index (χ1) is 16.2. The molecule has 0 spiro atoms. The molecular weight excluding hydrogens is 457 g/mol. The molecule has 1 saturated heterocycles. The highest BCUT2D eigenvalue weighted by molar-refractivity contribution is 6.33.